The molecule has 0 spiro atoms. The van der Waals surface area contributed by atoms with E-state index in [1.165, 1.54) is 0 Å². The molecule has 0 saturated carbocycles. The predicted molar refractivity (Wildman–Crippen MR) is 79.0 cm³/mol. The van der Waals surface area contributed by atoms with Gasteiger partial charge < -0.3 is 21.5 Å². The van der Waals surface area contributed by atoms with Crippen LogP contribution in [0.5, 0.6) is 0 Å². The summed E-state index contributed by atoms with van der Waals surface area (Å²) in [6.07, 6.45) is 0. The first kappa shape index (κ1) is 15.6. The molecule has 0 bridgehead atoms. The quantitative estimate of drug-likeness (QED) is 0.529. The van der Waals surface area contributed by atoms with Crippen LogP contribution in [-0.4, -0.2) is 65.9 Å². The van der Waals surface area contributed by atoms with Crippen LogP contribution in [0.4, 0.5) is 0 Å². The molecule has 5 N–H and O–H groups in total. The van der Waals surface area contributed by atoms with Crippen LogP contribution in [0.25, 0.3) is 0 Å². The fraction of sp³-hybridized carbons (Fsp3) is 1.00. The zero-order valence-electron chi connectivity index (χ0n) is 10.6. The normalized spacial score (nSPS) is 34.4. The first-order valence-corrected chi connectivity index (χ1v) is 8.35. The molecule has 2 atom stereocenters. The summed E-state index contributed by atoms with van der Waals surface area (Å²) in [5.74, 6) is 3.15. The van der Waals surface area contributed by atoms with Gasteiger partial charge in [-0.2, -0.15) is 23.5 Å². The minimum absolute atomic E-state index is 0.181. The molecule has 102 valence electrons. The average molecular weight is 279 g/mol. The number of thioether (sulfide) groups is 2. The Labute approximate surface area is 113 Å². The summed E-state index contributed by atoms with van der Waals surface area (Å²) in [5.41, 5.74) is 5.99. The molecule has 0 amide bonds. The maximum absolute atomic E-state index is 9.24. The highest BCUT2D eigenvalue weighted by molar-refractivity contribution is 8.03. The van der Waals surface area contributed by atoms with E-state index < -0.39 is 0 Å². The third-order valence-electron chi connectivity index (χ3n) is 2.62. The largest absolute Gasteiger partial charge is 0.395 e. The second-order valence-corrected chi connectivity index (χ2v) is 7.32. The zero-order valence-corrected chi connectivity index (χ0v) is 12.2. The van der Waals surface area contributed by atoms with Crippen molar-refractivity contribution in [2.75, 3.05) is 50.0 Å². The Hall–Kier alpha value is 0.540. The van der Waals surface area contributed by atoms with Gasteiger partial charge in [0, 0.05) is 54.2 Å². The van der Waals surface area contributed by atoms with Gasteiger partial charge in [-0.05, 0) is 6.92 Å². The summed E-state index contributed by atoms with van der Waals surface area (Å²) >= 11 is 3.75. The number of nitrogens with one attached hydrogen (secondary N) is 2. The molecule has 0 aromatic carbocycles. The van der Waals surface area contributed by atoms with Crippen LogP contribution < -0.4 is 16.4 Å². The van der Waals surface area contributed by atoms with E-state index >= 15 is 0 Å². The second-order valence-electron chi connectivity index (χ2n) is 4.76. The Bertz CT molecular complexity index is 205. The molecule has 17 heavy (non-hydrogen) atoms. The Morgan fingerprint density at radius 3 is 2.59 bits per heavy atom. The molecular formula is C11H25N3OS2. The molecule has 1 fully saturated rings. The first-order chi connectivity index (χ1) is 8.14. The highest BCUT2D eigenvalue weighted by Crippen LogP contribution is 2.15. The van der Waals surface area contributed by atoms with Gasteiger partial charge in [0.05, 0.1) is 6.61 Å². The topological polar surface area (TPSA) is 70.3 Å². The van der Waals surface area contributed by atoms with E-state index in [9.17, 15) is 5.11 Å². The lowest BCUT2D eigenvalue weighted by molar-refractivity contribution is 0.301. The van der Waals surface area contributed by atoms with E-state index in [1.807, 2.05) is 23.5 Å². The van der Waals surface area contributed by atoms with Crippen LogP contribution in [-0.2, 0) is 0 Å². The number of hydrogen-bond acceptors (Lipinski definition) is 6. The van der Waals surface area contributed by atoms with Gasteiger partial charge in [0.1, 0.15) is 0 Å². The van der Waals surface area contributed by atoms with Gasteiger partial charge >= 0.3 is 0 Å². The van der Waals surface area contributed by atoms with Crippen LogP contribution in [0.3, 0.4) is 0 Å². The van der Waals surface area contributed by atoms with Crippen molar-refractivity contribution in [1.82, 2.24) is 10.6 Å². The number of rotatable bonds is 1. The molecule has 1 aliphatic heterocycles. The lowest BCUT2D eigenvalue weighted by Crippen LogP contribution is -2.53. The molecule has 0 radical (unpaired) electrons. The third kappa shape index (κ3) is 7.54. The Kier molecular flexibility index (Phi) is 7.90. The molecular weight excluding hydrogens is 254 g/mol. The minimum atomic E-state index is -0.181. The molecule has 1 rings (SSSR count). The summed E-state index contributed by atoms with van der Waals surface area (Å²) in [6, 6.07) is 0. The van der Waals surface area contributed by atoms with Crippen molar-refractivity contribution >= 4 is 23.5 Å². The molecule has 0 aliphatic carbocycles. The third-order valence-corrected chi connectivity index (χ3v) is 5.19. The molecule has 6 heteroatoms. The van der Waals surface area contributed by atoms with E-state index in [0.29, 0.717) is 5.25 Å². The monoisotopic (exact) mass is 279 g/mol. The maximum Gasteiger partial charge on any atom is 0.0558 e. The molecule has 0 aromatic rings. The summed E-state index contributed by atoms with van der Waals surface area (Å²) in [5, 5.41) is 16.4. The smallest absolute Gasteiger partial charge is 0.0558 e. The summed E-state index contributed by atoms with van der Waals surface area (Å²) in [4.78, 5) is 0. The van der Waals surface area contributed by atoms with Crippen molar-refractivity contribution in [2.45, 2.75) is 17.7 Å². The molecule has 2 unspecified atom stereocenters. The summed E-state index contributed by atoms with van der Waals surface area (Å²) in [7, 11) is 0. The molecule has 1 aliphatic rings. The van der Waals surface area contributed by atoms with Gasteiger partial charge in [-0.1, -0.05) is 0 Å². The van der Waals surface area contributed by atoms with Crippen LogP contribution in [0.15, 0.2) is 0 Å². The van der Waals surface area contributed by atoms with Gasteiger partial charge in [0.2, 0.25) is 0 Å². The summed E-state index contributed by atoms with van der Waals surface area (Å²) in [6.45, 7) is 5.97. The standard InChI is InChI=1S/C11H25N3OS2/c1-11(12)8-13-2-4-16-7-10(6-15)17-5-3-14-9-11/h10,13-15H,2-9,12H2,1H3. The number of nitrogens with two attached hydrogens (primary N) is 1. The minimum Gasteiger partial charge on any atom is -0.395 e. The van der Waals surface area contributed by atoms with Crippen molar-refractivity contribution in [1.29, 1.82) is 0 Å². The first-order valence-electron chi connectivity index (χ1n) is 6.14. The van der Waals surface area contributed by atoms with Crippen molar-refractivity contribution in [3.05, 3.63) is 0 Å². The van der Waals surface area contributed by atoms with Crippen LogP contribution in [0, 0.1) is 0 Å². The van der Waals surface area contributed by atoms with Gasteiger partial charge in [0.25, 0.3) is 0 Å². The average Bonchev–Trinajstić information content (AvgIpc) is 2.30. The van der Waals surface area contributed by atoms with Gasteiger partial charge in [0.15, 0.2) is 0 Å². The Morgan fingerprint density at radius 2 is 1.94 bits per heavy atom. The van der Waals surface area contributed by atoms with Crippen LogP contribution in [0.2, 0.25) is 0 Å². The molecule has 1 heterocycles. The van der Waals surface area contributed by atoms with Crippen LogP contribution >= 0.6 is 23.5 Å². The summed E-state index contributed by atoms with van der Waals surface area (Å²) < 4.78 is 0. The van der Waals surface area contributed by atoms with Crippen molar-refractivity contribution in [3.63, 3.8) is 0 Å². The van der Waals surface area contributed by atoms with E-state index in [4.69, 9.17) is 5.73 Å². The molecule has 4 nitrogen and oxygen atoms in total. The van der Waals surface area contributed by atoms with Gasteiger partial charge in [-0.15, -0.1) is 0 Å². The van der Waals surface area contributed by atoms with E-state index in [-0.39, 0.29) is 12.1 Å². The van der Waals surface area contributed by atoms with E-state index in [0.717, 1.165) is 43.4 Å². The van der Waals surface area contributed by atoms with Gasteiger partial charge in [-0.3, -0.25) is 0 Å². The van der Waals surface area contributed by atoms with Crippen molar-refractivity contribution < 1.29 is 5.11 Å². The van der Waals surface area contributed by atoms with Crippen LogP contribution in [0.1, 0.15) is 6.92 Å². The number of aliphatic hydroxyl groups is 1. The maximum atomic E-state index is 9.24. The van der Waals surface area contributed by atoms with E-state index in [2.05, 4.69) is 17.6 Å². The Balaban J connectivity index is 2.34. The molecule has 1 saturated heterocycles. The van der Waals surface area contributed by atoms with Crippen molar-refractivity contribution in [2.24, 2.45) is 5.73 Å². The highest BCUT2D eigenvalue weighted by Gasteiger charge is 2.17. The molecule has 0 aromatic heterocycles. The van der Waals surface area contributed by atoms with Gasteiger partial charge in [-0.25, -0.2) is 0 Å². The second kappa shape index (κ2) is 8.61. The zero-order chi connectivity index (χ0) is 12.6. The van der Waals surface area contributed by atoms with Crippen molar-refractivity contribution in [3.8, 4) is 0 Å². The van der Waals surface area contributed by atoms with E-state index in [1.54, 1.807) is 0 Å². The SMILES string of the molecule is CC1(N)CNCCSCC(CO)SCCNC1. The lowest BCUT2D eigenvalue weighted by Gasteiger charge is -2.25. The fourth-order valence-electron chi connectivity index (χ4n) is 1.62. The predicted octanol–water partition coefficient (Wildman–Crippen LogP) is -0.276. The Morgan fingerprint density at radius 1 is 1.29 bits per heavy atom. The lowest BCUT2D eigenvalue weighted by atomic mass is 10.0. The number of aliphatic hydroxyl groups excluding tert-OH is 1. The fourth-order valence-corrected chi connectivity index (χ4v) is 3.82. The number of hydrogen-bond donors (Lipinski definition) is 4. The highest BCUT2D eigenvalue weighted by atomic mass is 32.2.